The van der Waals surface area contributed by atoms with Crippen molar-refractivity contribution >= 4 is 12.1 Å². The molecule has 0 unspecified atom stereocenters. The molecule has 0 aliphatic heterocycles. The number of nitrogens with zero attached hydrogens (tertiary/aromatic N) is 1. The summed E-state index contributed by atoms with van der Waals surface area (Å²) < 4.78 is 17.2. The minimum absolute atomic E-state index is 0.113. The summed E-state index contributed by atoms with van der Waals surface area (Å²) in [6.07, 6.45) is 1.55. The number of aryl methyl sites for hydroxylation is 2. The summed E-state index contributed by atoms with van der Waals surface area (Å²) in [5.74, 6) is 1.62. The predicted octanol–water partition coefficient (Wildman–Crippen LogP) is 4.81. The predicted molar refractivity (Wildman–Crippen MR) is 126 cm³/mol. The minimum atomic E-state index is -0.339. The van der Waals surface area contributed by atoms with E-state index in [9.17, 15) is 4.79 Å². The van der Waals surface area contributed by atoms with Gasteiger partial charge in [-0.15, -0.1) is 0 Å². The van der Waals surface area contributed by atoms with Gasteiger partial charge in [-0.3, -0.25) is 4.79 Å². The monoisotopic (exact) mass is 432 g/mol. The van der Waals surface area contributed by atoms with Gasteiger partial charge in [0.15, 0.2) is 18.1 Å². The summed E-state index contributed by atoms with van der Waals surface area (Å²) in [6, 6.07) is 21.3. The van der Waals surface area contributed by atoms with Crippen molar-refractivity contribution < 1.29 is 19.0 Å². The molecule has 0 radical (unpaired) electrons. The zero-order chi connectivity index (χ0) is 22.8. The Morgan fingerprint density at radius 3 is 2.44 bits per heavy atom. The Morgan fingerprint density at radius 1 is 0.906 bits per heavy atom. The number of hydrogen-bond acceptors (Lipinski definition) is 5. The van der Waals surface area contributed by atoms with E-state index in [1.54, 1.807) is 6.21 Å². The molecule has 0 heterocycles. The van der Waals surface area contributed by atoms with Crippen LogP contribution in [-0.4, -0.2) is 25.3 Å². The maximum atomic E-state index is 12.0. The fourth-order valence-corrected chi connectivity index (χ4v) is 3.04. The van der Waals surface area contributed by atoms with Gasteiger partial charge in [-0.2, -0.15) is 5.10 Å². The average Bonchev–Trinajstić information content (AvgIpc) is 2.79. The summed E-state index contributed by atoms with van der Waals surface area (Å²) in [5.41, 5.74) is 6.46. The number of rotatable bonds is 10. The van der Waals surface area contributed by atoms with Gasteiger partial charge < -0.3 is 14.2 Å². The van der Waals surface area contributed by atoms with Crippen LogP contribution in [-0.2, 0) is 11.4 Å². The van der Waals surface area contributed by atoms with Gasteiger partial charge in [0.25, 0.3) is 5.91 Å². The number of carbonyl (C=O) groups is 1. The third-order valence-corrected chi connectivity index (χ3v) is 4.60. The number of ether oxygens (including phenoxy) is 3. The van der Waals surface area contributed by atoms with E-state index in [2.05, 4.69) is 10.5 Å². The Hall–Kier alpha value is -3.80. The first kappa shape index (κ1) is 22.9. The SMILES string of the molecule is CCOc1cc(C=NNC(=O)COc2ccc(C)cc2C)ccc1OCc1ccccc1. The molecule has 0 aromatic heterocycles. The quantitative estimate of drug-likeness (QED) is 0.369. The smallest absolute Gasteiger partial charge is 0.277 e. The summed E-state index contributed by atoms with van der Waals surface area (Å²) in [4.78, 5) is 12.0. The molecular formula is C26H28N2O4. The van der Waals surface area contributed by atoms with Crippen molar-refractivity contribution in [2.75, 3.05) is 13.2 Å². The van der Waals surface area contributed by atoms with E-state index < -0.39 is 0 Å². The number of hydrazone groups is 1. The third kappa shape index (κ3) is 6.87. The summed E-state index contributed by atoms with van der Waals surface area (Å²) in [5, 5.41) is 4.01. The number of hydrogen-bond donors (Lipinski definition) is 1. The van der Waals surface area contributed by atoms with Gasteiger partial charge in [-0.1, -0.05) is 48.0 Å². The summed E-state index contributed by atoms with van der Waals surface area (Å²) in [6.45, 7) is 6.72. The molecule has 0 aliphatic rings. The topological polar surface area (TPSA) is 69.2 Å². The Morgan fingerprint density at radius 2 is 1.69 bits per heavy atom. The van der Waals surface area contributed by atoms with Crippen molar-refractivity contribution in [2.24, 2.45) is 5.10 Å². The van der Waals surface area contributed by atoms with Gasteiger partial charge >= 0.3 is 0 Å². The van der Waals surface area contributed by atoms with Crippen molar-refractivity contribution in [3.05, 3.63) is 89.0 Å². The lowest BCUT2D eigenvalue weighted by Gasteiger charge is -2.12. The van der Waals surface area contributed by atoms with Crippen LogP contribution >= 0.6 is 0 Å². The van der Waals surface area contributed by atoms with Crippen LogP contribution in [0.15, 0.2) is 71.8 Å². The molecular weight excluding hydrogens is 404 g/mol. The minimum Gasteiger partial charge on any atom is -0.490 e. The molecule has 166 valence electrons. The fourth-order valence-electron chi connectivity index (χ4n) is 3.04. The van der Waals surface area contributed by atoms with Gasteiger partial charge in [0, 0.05) is 0 Å². The lowest BCUT2D eigenvalue weighted by Crippen LogP contribution is -2.24. The molecule has 1 N–H and O–H groups in total. The van der Waals surface area contributed by atoms with Crippen LogP contribution in [0.5, 0.6) is 17.2 Å². The van der Waals surface area contributed by atoms with E-state index in [0.29, 0.717) is 30.5 Å². The van der Waals surface area contributed by atoms with Crippen LogP contribution in [0.25, 0.3) is 0 Å². The maximum absolute atomic E-state index is 12.0. The molecule has 3 aromatic carbocycles. The van der Waals surface area contributed by atoms with E-state index in [4.69, 9.17) is 14.2 Å². The van der Waals surface area contributed by atoms with E-state index >= 15 is 0 Å². The van der Waals surface area contributed by atoms with Gasteiger partial charge in [0.05, 0.1) is 12.8 Å². The first-order valence-electron chi connectivity index (χ1n) is 10.5. The van der Waals surface area contributed by atoms with E-state index in [0.717, 1.165) is 22.3 Å². The first-order chi connectivity index (χ1) is 15.5. The lowest BCUT2D eigenvalue weighted by atomic mass is 10.1. The second-order valence-electron chi connectivity index (χ2n) is 7.26. The highest BCUT2D eigenvalue weighted by atomic mass is 16.5. The molecule has 6 heteroatoms. The van der Waals surface area contributed by atoms with Crippen LogP contribution in [0.1, 0.15) is 29.2 Å². The van der Waals surface area contributed by atoms with E-state index in [1.807, 2.05) is 87.5 Å². The molecule has 0 fully saturated rings. The summed E-state index contributed by atoms with van der Waals surface area (Å²) in [7, 11) is 0. The van der Waals surface area contributed by atoms with Crippen molar-refractivity contribution in [3.63, 3.8) is 0 Å². The number of carbonyl (C=O) groups excluding carboxylic acids is 1. The number of benzene rings is 3. The molecule has 6 nitrogen and oxygen atoms in total. The average molecular weight is 433 g/mol. The lowest BCUT2D eigenvalue weighted by molar-refractivity contribution is -0.123. The highest BCUT2D eigenvalue weighted by Gasteiger charge is 2.07. The second kappa shape index (κ2) is 11.6. The van der Waals surface area contributed by atoms with E-state index in [-0.39, 0.29) is 12.5 Å². The fraction of sp³-hybridized carbons (Fsp3) is 0.231. The number of amides is 1. The molecule has 0 aliphatic carbocycles. The molecule has 1 amide bonds. The largest absolute Gasteiger partial charge is 0.490 e. The van der Waals surface area contributed by atoms with Crippen LogP contribution < -0.4 is 19.6 Å². The van der Waals surface area contributed by atoms with Crippen molar-refractivity contribution in [3.8, 4) is 17.2 Å². The second-order valence-corrected chi connectivity index (χ2v) is 7.26. The molecule has 3 rings (SSSR count). The van der Waals surface area contributed by atoms with Crippen molar-refractivity contribution in [2.45, 2.75) is 27.4 Å². The molecule has 0 saturated carbocycles. The van der Waals surface area contributed by atoms with Gasteiger partial charge in [-0.25, -0.2) is 5.43 Å². The standard InChI is InChI=1S/C26H28N2O4/c1-4-30-25-15-22(11-13-24(25)31-17-21-8-6-5-7-9-21)16-27-28-26(29)18-32-23-12-10-19(2)14-20(23)3/h5-16H,4,17-18H2,1-3H3,(H,28,29). The highest BCUT2D eigenvalue weighted by molar-refractivity contribution is 5.83. The van der Waals surface area contributed by atoms with Crippen molar-refractivity contribution in [1.82, 2.24) is 5.43 Å². The molecule has 3 aromatic rings. The summed E-state index contributed by atoms with van der Waals surface area (Å²) >= 11 is 0. The number of nitrogens with one attached hydrogen (secondary N) is 1. The Kier molecular flexibility index (Phi) is 8.26. The van der Waals surface area contributed by atoms with Crippen LogP contribution in [0.4, 0.5) is 0 Å². The molecule has 0 spiro atoms. The Balaban J connectivity index is 1.55. The highest BCUT2D eigenvalue weighted by Crippen LogP contribution is 2.29. The van der Waals surface area contributed by atoms with Gasteiger partial charge in [0.1, 0.15) is 12.4 Å². The van der Waals surface area contributed by atoms with Crippen LogP contribution in [0, 0.1) is 13.8 Å². The normalized spacial score (nSPS) is 10.7. The first-order valence-corrected chi connectivity index (χ1v) is 10.5. The molecule has 0 bridgehead atoms. The van der Waals surface area contributed by atoms with Crippen LogP contribution in [0.3, 0.4) is 0 Å². The maximum Gasteiger partial charge on any atom is 0.277 e. The third-order valence-electron chi connectivity index (χ3n) is 4.60. The van der Waals surface area contributed by atoms with Crippen molar-refractivity contribution in [1.29, 1.82) is 0 Å². The van der Waals surface area contributed by atoms with Gasteiger partial charge in [-0.05, 0) is 61.7 Å². The van der Waals surface area contributed by atoms with Gasteiger partial charge in [0.2, 0.25) is 0 Å². The molecule has 0 saturated heterocycles. The zero-order valence-corrected chi connectivity index (χ0v) is 18.6. The Labute approximate surface area is 188 Å². The molecule has 32 heavy (non-hydrogen) atoms. The zero-order valence-electron chi connectivity index (χ0n) is 18.6. The Bertz CT molecular complexity index is 1060. The molecule has 0 atom stereocenters. The van der Waals surface area contributed by atoms with E-state index in [1.165, 1.54) is 0 Å². The van der Waals surface area contributed by atoms with Crippen LogP contribution in [0.2, 0.25) is 0 Å².